The third-order valence-electron chi connectivity index (χ3n) is 5.70. The monoisotopic (exact) mass is 362 g/mol. The molecule has 0 radical (unpaired) electrons. The number of imidazole rings is 1. The molecule has 4 heteroatoms. The first-order valence-electron chi connectivity index (χ1n) is 9.61. The van der Waals surface area contributed by atoms with Crippen molar-refractivity contribution in [3.05, 3.63) is 89.0 Å². The summed E-state index contributed by atoms with van der Waals surface area (Å²) < 4.78 is 2.00. The Kier molecular flexibility index (Phi) is 5.10. The molecule has 0 aliphatic heterocycles. The molecule has 1 fully saturated rings. The molecule has 4 nitrogen and oxygen atoms in total. The van der Waals surface area contributed by atoms with Gasteiger partial charge in [-0.25, -0.2) is 4.98 Å². The summed E-state index contributed by atoms with van der Waals surface area (Å²) in [4.78, 5) is 4.23. The normalized spacial score (nSPS) is 20.3. The van der Waals surface area contributed by atoms with E-state index in [1.807, 2.05) is 22.9 Å². The van der Waals surface area contributed by atoms with Crippen LogP contribution in [0.5, 0.6) is 0 Å². The van der Waals surface area contributed by atoms with Gasteiger partial charge in [-0.1, -0.05) is 48.5 Å². The Hall–Kier alpha value is -2.43. The summed E-state index contributed by atoms with van der Waals surface area (Å²) in [6.07, 6.45) is 5.46. The Morgan fingerprint density at radius 1 is 0.963 bits per heavy atom. The second-order valence-corrected chi connectivity index (χ2v) is 7.60. The van der Waals surface area contributed by atoms with Gasteiger partial charge in [0, 0.05) is 18.9 Å². The Labute approximate surface area is 160 Å². The van der Waals surface area contributed by atoms with Gasteiger partial charge in [0.25, 0.3) is 0 Å². The molecule has 27 heavy (non-hydrogen) atoms. The van der Waals surface area contributed by atoms with Crippen LogP contribution in [0.25, 0.3) is 0 Å². The number of nitrogens with zero attached hydrogens (tertiary/aromatic N) is 2. The summed E-state index contributed by atoms with van der Waals surface area (Å²) in [6, 6.07) is 17.2. The van der Waals surface area contributed by atoms with E-state index in [4.69, 9.17) is 5.11 Å². The maximum atomic E-state index is 9.78. The van der Waals surface area contributed by atoms with E-state index in [0.717, 1.165) is 12.1 Å². The van der Waals surface area contributed by atoms with Crippen molar-refractivity contribution in [2.45, 2.75) is 50.9 Å². The zero-order valence-electron chi connectivity index (χ0n) is 15.6. The second kappa shape index (κ2) is 7.67. The van der Waals surface area contributed by atoms with Crippen LogP contribution in [0.4, 0.5) is 0 Å². The van der Waals surface area contributed by atoms with Crippen molar-refractivity contribution in [2.24, 2.45) is 0 Å². The van der Waals surface area contributed by atoms with Crippen LogP contribution < -0.4 is 0 Å². The molecule has 2 aromatic carbocycles. The van der Waals surface area contributed by atoms with Crippen LogP contribution in [0.3, 0.4) is 0 Å². The van der Waals surface area contributed by atoms with Gasteiger partial charge in [-0.3, -0.25) is 0 Å². The lowest BCUT2D eigenvalue weighted by Crippen LogP contribution is -2.20. The van der Waals surface area contributed by atoms with Crippen LogP contribution in [0, 0.1) is 0 Å². The van der Waals surface area contributed by atoms with E-state index < -0.39 is 6.10 Å². The van der Waals surface area contributed by atoms with Gasteiger partial charge < -0.3 is 14.8 Å². The van der Waals surface area contributed by atoms with Gasteiger partial charge >= 0.3 is 0 Å². The van der Waals surface area contributed by atoms with Crippen molar-refractivity contribution in [3.8, 4) is 0 Å². The number of aromatic nitrogens is 2. The quantitative estimate of drug-likeness (QED) is 0.693. The van der Waals surface area contributed by atoms with E-state index in [-0.39, 0.29) is 6.61 Å². The maximum absolute atomic E-state index is 9.78. The lowest BCUT2D eigenvalue weighted by molar-refractivity contribution is 0.184. The number of benzene rings is 2. The molecule has 1 aliphatic rings. The van der Waals surface area contributed by atoms with E-state index in [2.05, 4.69) is 41.4 Å². The summed E-state index contributed by atoms with van der Waals surface area (Å²) in [5.41, 5.74) is 4.98. The predicted octanol–water partition coefficient (Wildman–Crippen LogP) is 4.14. The van der Waals surface area contributed by atoms with Crippen molar-refractivity contribution < 1.29 is 10.2 Å². The Morgan fingerprint density at radius 3 is 2.04 bits per heavy atom. The average molecular weight is 362 g/mol. The SMILES string of the molecule is CC(O)c1nccn1Cc1ccc(C2CC(c3ccc(CO)cc3)C2)cc1. The molecule has 1 atom stereocenters. The first-order valence-corrected chi connectivity index (χ1v) is 9.61. The summed E-state index contributed by atoms with van der Waals surface area (Å²) >= 11 is 0. The molecule has 1 unspecified atom stereocenters. The van der Waals surface area contributed by atoms with Gasteiger partial charge in [0.2, 0.25) is 0 Å². The summed E-state index contributed by atoms with van der Waals surface area (Å²) in [5.74, 6) is 1.96. The molecule has 1 saturated carbocycles. The number of hydrogen-bond acceptors (Lipinski definition) is 3. The zero-order valence-corrected chi connectivity index (χ0v) is 15.6. The van der Waals surface area contributed by atoms with Crippen LogP contribution in [0.15, 0.2) is 60.9 Å². The molecule has 0 spiro atoms. The standard InChI is InChI=1S/C23H26N2O2/c1-16(27)23-24-10-11-25(23)14-17-2-6-19(7-3-17)21-12-22(13-21)20-8-4-18(15-26)5-9-20/h2-11,16,21-22,26-27H,12-15H2,1H3. The molecule has 0 saturated heterocycles. The topological polar surface area (TPSA) is 58.3 Å². The highest BCUT2D eigenvalue weighted by Crippen LogP contribution is 2.47. The lowest BCUT2D eigenvalue weighted by atomic mass is 9.68. The molecule has 1 heterocycles. The van der Waals surface area contributed by atoms with Gasteiger partial charge in [0.05, 0.1) is 6.61 Å². The lowest BCUT2D eigenvalue weighted by Gasteiger charge is -2.36. The van der Waals surface area contributed by atoms with Crippen LogP contribution in [-0.4, -0.2) is 19.8 Å². The number of aliphatic hydroxyl groups is 2. The van der Waals surface area contributed by atoms with Gasteiger partial charge in [-0.2, -0.15) is 0 Å². The third kappa shape index (κ3) is 3.82. The fourth-order valence-electron chi connectivity index (χ4n) is 3.97. The molecular formula is C23H26N2O2. The molecule has 0 bridgehead atoms. The largest absolute Gasteiger partial charge is 0.392 e. The molecule has 1 aromatic heterocycles. The zero-order chi connectivity index (χ0) is 18.8. The van der Waals surface area contributed by atoms with E-state index in [9.17, 15) is 5.11 Å². The molecule has 140 valence electrons. The highest BCUT2D eigenvalue weighted by Gasteiger charge is 2.31. The molecule has 3 aromatic rings. The van der Waals surface area contributed by atoms with E-state index in [1.54, 1.807) is 13.1 Å². The fraction of sp³-hybridized carbons (Fsp3) is 0.348. The summed E-state index contributed by atoms with van der Waals surface area (Å²) in [5, 5.41) is 18.9. The van der Waals surface area contributed by atoms with Gasteiger partial charge in [-0.05, 0) is 53.9 Å². The predicted molar refractivity (Wildman–Crippen MR) is 105 cm³/mol. The summed E-state index contributed by atoms with van der Waals surface area (Å²) in [6.45, 7) is 2.58. The average Bonchev–Trinajstić information content (AvgIpc) is 3.11. The van der Waals surface area contributed by atoms with Gasteiger partial charge in [-0.15, -0.1) is 0 Å². The van der Waals surface area contributed by atoms with Crippen molar-refractivity contribution in [2.75, 3.05) is 0 Å². The molecular weight excluding hydrogens is 336 g/mol. The molecule has 0 amide bonds. The Bertz CT molecular complexity index is 876. The van der Waals surface area contributed by atoms with Crippen molar-refractivity contribution in [1.29, 1.82) is 0 Å². The first kappa shape index (κ1) is 18.0. The fourth-order valence-corrected chi connectivity index (χ4v) is 3.97. The van der Waals surface area contributed by atoms with Crippen LogP contribution >= 0.6 is 0 Å². The maximum Gasteiger partial charge on any atom is 0.137 e. The Balaban J connectivity index is 1.36. The number of hydrogen-bond donors (Lipinski definition) is 2. The minimum absolute atomic E-state index is 0.109. The van der Waals surface area contributed by atoms with Crippen molar-refractivity contribution in [1.82, 2.24) is 9.55 Å². The smallest absolute Gasteiger partial charge is 0.137 e. The summed E-state index contributed by atoms with van der Waals surface area (Å²) in [7, 11) is 0. The third-order valence-corrected chi connectivity index (χ3v) is 5.70. The van der Waals surface area contributed by atoms with Gasteiger partial charge in [0.15, 0.2) is 0 Å². The highest BCUT2D eigenvalue weighted by atomic mass is 16.3. The minimum Gasteiger partial charge on any atom is -0.392 e. The van der Waals surface area contributed by atoms with E-state index in [1.165, 1.54) is 29.5 Å². The number of aliphatic hydroxyl groups excluding tert-OH is 2. The molecule has 2 N–H and O–H groups in total. The van der Waals surface area contributed by atoms with Crippen LogP contribution in [0.2, 0.25) is 0 Å². The molecule has 4 rings (SSSR count). The van der Waals surface area contributed by atoms with Gasteiger partial charge in [0.1, 0.15) is 11.9 Å². The highest BCUT2D eigenvalue weighted by molar-refractivity contribution is 5.32. The van der Waals surface area contributed by atoms with Crippen molar-refractivity contribution in [3.63, 3.8) is 0 Å². The van der Waals surface area contributed by atoms with E-state index >= 15 is 0 Å². The second-order valence-electron chi connectivity index (χ2n) is 7.60. The first-order chi connectivity index (χ1) is 13.1. The van der Waals surface area contributed by atoms with Crippen molar-refractivity contribution >= 4 is 0 Å². The number of rotatable bonds is 6. The van der Waals surface area contributed by atoms with Crippen LogP contribution in [-0.2, 0) is 13.2 Å². The van der Waals surface area contributed by atoms with E-state index in [0.29, 0.717) is 17.7 Å². The van der Waals surface area contributed by atoms with Crippen LogP contribution in [0.1, 0.15) is 65.8 Å². The Morgan fingerprint density at radius 2 is 1.52 bits per heavy atom. The molecule has 1 aliphatic carbocycles. The minimum atomic E-state index is -0.558.